The number of piperidine rings is 1. The Morgan fingerprint density at radius 3 is 2.78 bits per heavy atom. The molecule has 3 aromatic rings. The van der Waals surface area contributed by atoms with E-state index in [1.54, 1.807) is 6.33 Å². The van der Waals surface area contributed by atoms with Crippen LogP contribution in [0.25, 0.3) is 5.78 Å². The first-order chi connectivity index (χ1) is 11.2. The number of fused-ring (bicyclic) bond motifs is 1. The van der Waals surface area contributed by atoms with E-state index in [4.69, 9.17) is 0 Å². The second kappa shape index (κ2) is 5.65. The van der Waals surface area contributed by atoms with Crippen LogP contribution in [0.4, 0.5) is 5.82 Å². The van der Waals surface area contributed by atoms with Crippen LogP contribution in [0.2, 0.25) is 0 Å². The molecule has 118 valence electrons. The van der Waals surface area contributed by atoms with Gasteiger partial charge in [-0.15, -0.1) is 0 Å². The number of aromatic nitrogens is 4. The maximum Gasteiger partial charge on any atom is 0.254 e. The highest BCUT2D eigenvalue weighted by molar-refractivity contribution is 5.50. The topological polar surface area (TPSA) is 46.3 Å². The van der Waals surface area contributed by atoms with Gasteiger partial charge in [-0.05, 0) is 31.2 Å². The maximum absolute atomic E-state index is 4.47. The average molecular weight is 307 g/mol. The molecular formula is C18H21N5. The second-order valence-electron chi connectivity index (χ2n) is 6.49. The van der Waals surface area contributed by atoms with Crippen LogP contribution in [0.3, 0.4) is 0 Å². The lowest BCUT2D eigenvalue weighted by Gasteiger charge is -2.40. The molecule has 23 heavy (non-hydrogen) atoms. The first-order valence-electron chi connectivity index (χ1n) is 8.21. The Labute approximate surface area is 136 Å². The van der Waals surface area contributed by atoms with E-state index in [0.717, 1.165) is 24.5 Å². The summed E-state index contributed by atoms with van der Waals surface area (Å²) >= 11 is 0. The van der Waals surface area contributed by atoms with Crippen LogP contribution in [-0.4, -0.2) is 26.1 Å². The summed E-state index contributed by atoms with van der Waals surface area (Å²) in [6, 6.07) is 13.3. The minimum Gasteiger partial charge on any atom is -0.349 e. The van der Waals surface area contributed by atoms with Gasteiger partial charge in [0, 0.05) is 18.3 Å². The predicted molar refractivity (Wildman–Crippen MR) is 90.4 cm³/mol. The second-order valence-corrected chi connectivity index (χ2v) is 6.49. The molecule has 4 rings (SSSR count). The Kier molecular flexibility index (Phi) is 3.48. The van der Waals surface area contributed by atoms with Crippen LogP contribution in [0.5, 0.6) is 0 Å². The minimum absolute atomic E-state index is 0.376. The molecule has 1 aliphatic heterocycles. The molecule has 1 fully saturated rings. The third kappa shape index (κ3) is 2.56. The van der Waals surface area contributed by atoms with Gasteiger partial charge in [-0.1, -0.05) is 37.3 Å². The van der Waals surface area contributed by atoms with Gasteiger partial charge in [0.15, 0.2) is 0 Å². The van der Waals surface area contributed by atoms with Gasteiger partial charge < -0.3 is 4.90 Å². The van der Waals surface area contributed by atoms with Crippen molar-refractivity contribution >= 4 is 11.6 Å². The summed E-state index contributed by atoms with van der Waals surface area (Å²) in [6.07, 6.45) is 3.99. The molecule has 0 bridgehead atoms. The molecule has 0 saturated carbocycles. The molecule has 0 N–H and O–H groups in total. The van der Waals surface area contributed by atoms with Crippen molar-refractivity contribution in [3.8, 4) is 0 Å². The fraction of sp³-hybridized carbons (Fsp3) is 0.389. The third-order valence-corrected chi connectivity index (χ3v) is 4.66. The lowest BCUT2D eigenvalue weighted by Crippen LogP contribution is -2.38. The maximum atomic E-state index is 4.47. The van der Waals surface area contributed by atoms with Gasteiger partial charge in [0.1, 0.15) is 12.1 Å². The number of benzene rings is 1. The van der Waals surface area contributed by atoms with E-state index >= 15 is 0 Å². The van der Waals surface area contributed by atoms with Gasteiger partial charge in [-0.25, -0.2) is 4.98 Å². The first-order valence-corrected chi connectivity index (χ1v) is 8.21. The molecule has 0 amide bonds. The largest absolute Gasteiger partial charge is 0.349 e. The van der Waals surface area contributed by atoms with E-state index < -0.39 is 0 Å². The molecule has 2 atom stereocenters. The molecule has 0 unspecified atom stereocenters. The van der Waals surface area contributed by atoms with Crippen LogP contribution in [0.15, 0.2) is 42.7 Å². The van der Waals surface area contributed by atoms with E-state index in [1.807, 2.05) is 11.4 Å². The highest BCUT2D eigenvalue weighted by Gasteiger charge is 2.29. The summed E-state index contributed by atoms with van der Waals surface area (Å²) in [4.78, 5) is 11.2. The van der Waals surface area contributed by atoms with Crippen molar-refractivity contribution in [3.05, 3.63) is 54.0 Å². The molecule has 1 saturated heterocycles. The van der Waals surface area contributed by atoms with Crippen molar-refractivity contribution in [1.29, 1.82) is 0 Å². The Bertz CT molecular complexity index is 811. The molecule has 1 aliphatic rings. The number of anilines is 1. The smallest absolute Gasteiger partial charge is 0.254 e. The van der Waals surface area contributed by atoms with Crippen molar-refractivity contribution in [2.45, 2.75) is 32.7 Å². The van der Waals surface area contributed by atoms with Crippen LogP contribution < -0.4 is 4.90 Å². The Hall–Kier alpha value is -2.43. The fourth-order valence-electron chi connectivity index (χ4n) is 3.54. The van der Waals surface area contributed by atoms with E-state index in [1.165, 1.54) is 12.0 Å². The lowest BCUT2D eigenvalue weighted by molar-refractivity contribution is 0.377. The highest BCUT2D eigenvalue weighted by atomic mass is 15.4. The number of hydrogen-bond donors (Lipinski definition) is 0. The molecule has 5 nitrogen and oxygen atoms in total. The van der Waals surface area contributed by atoms with Gasteiger partial charge in [0.05, 0.1) is 6.04 Å². The van der Waals surface area contributed by atoms with Crippen molar-refractivity contribution in [2.75, 3.05) is 11.4 Å². The summed E-state index contributed by atoms with van der Waals surface area (Å²) in [7, 11) is 0. The van der Waals surface area contributed by atoms with E-state index in [0.29, 0.717) is 17.7 Å². The van der Waals surface area contributed by atoms with Crippen LogP contribution >= 0.6 is 0 Å². The zero-order valence-electron chi connectivity index (χ0n) is 13.6. The fourth-order valence-corrected chi connectivity index (χ4v) is 3.54. The Balaban J connectivity index is 1.83. The molecule has 0 aliphatic carbocycles. The van der Waals surface area contributed by atoms with Crippen molar-refractivity contribution in [1.82, 2.24) is 19.6 Å². The van der Waals surface area contributed by atoms with E-state index in [-0.39, 0.29) is 0 Å². The molecular weight excluding hydrogens is 286 g/mol. The minimum atomic E-state index is 0.376. The third-order valence-electron chi connectivity index (χ3n) is 4.66. The Morgan fingerprint density at radius 1 is 1.13 bits per heavy atom. The first kappa shape index (κ1) is 14.2. The van der Waals surface area contributed by atoms with Crippen LogP contribution in [0, 0.1) is 12.8 Å². The van der Waals surface area contributed by atoms with Gasteiger partial charge in [-0.2, -0.15) is 14.6 Å². The summed E-state index contributed by atoms with van der Waals surface area (Å²) < 4.78 is 1.86. The molecule has 3 heterocycles. The zero-order chi connectivity index (χ0) is 15.8. The molecule has 1 aromatic carbocycles. The number of aryl methyl sites for hydroxylation is 1. The normalized spacial score (nSPS) is 21.7. The average Bonchev–Trinajstić information content (AvgIpc) is 3.03. The predicted octanol–water partition coefficient (Wildman–Crippen LogP) is 3.41. The van der Waals surface area contributed by atoms with Crippen LogP contribution in [0.1, 0.15) is 37.1 Å². The lowest BCUT2D eigenvalue weighted by atomic mass is 9.90. The molecule has 0 spiro atoms. The number of nitrogens with zero attached hydrogens (tertiary/aromatic N) is 5. The van der Waals surface area contributed by atoms with Crippen molar-refractivity contribution in [2.24, 2.45) is 5.92 Å². The van der Waals surface area contributed by atoms with Crippen LogP contribution in [-0.2, 0) is 0 Å². The van der Waals surface area contributed by atoms with Gasteiger partial charge >= 0.3 is 0 Å². The van der Waals surface area contributed by atoms with Gasteiger partial charge in [0.25, 0.3) is 5.78 Å². The Morgan fingerprint density at radius 2 is 1.96 bits per heavy atom. The van der Waals surface area contributed by atoms with E-state index in [2.05, 4.69) is 63.3 Å². The summed E-state index contributed by atoms with van der Waals surface area (Å²) in [5.41, 5.74) is 2.34. The van der Waals surface area contributed by atoms with Gasteiger partial charge in [0.2, 0.25) is 0 Å². The number of rotatable bonds is 2. The molecule has 5 heteroatoms. The number of hydrogen-bond acceptors (Lipinski definition) is 4. The van der Waals surface area contributed by atoms with Gasteiger partial charge in [-0.3, -0.25) is 0 Å². The SMILES string of the molecule is Cc1cc(N2C[C@@H](C)CC[C@H]2c2ccccc2)n2ncnc2n1. The summed E-state index contributed by atoms with van der Waals surface area (Å²) in [5.74, 6) is 2.43. The standard InChI is InChI=1S/C18H21N5/c1-13-8-9-16(15-6-4-3-5-7-15)22(11-13)17-10-14(2)21-18-19-12-20-23(17)18/h3-7,10,12-13,16H,8-9,11H2,1-2H3/t13-,16-/m0/s1. The monoisotopic (exact) mass is 307 g/mol. The highest BCUT2D eigenvalue weighted by Crippen LogP contribution is 2.36. The molecule has 0 radical (unpaired) electrons. The van der Waals surface area contributed by atoms with Crippen molar-refractivity contribution < 1.29 is 0 Å². The summed E-state index contributed by atoms with van der Waals surface area (Å²) in [6.45, 7) is 5.36. The zero-order valence-corrected chi connectivity index (χ0v) is 13.6. The molecule has 2 aromatic heterocycles. The van der Waals surface area contributed by atoms with E-state index in [9.17, 15) is 0 Å². The van der Waals surface area contributed by atoms with Crippen molar-refractivity contribution in [3.63, 3.8) is 0 Å². The quantitative estimate of drug-likeness (QED) is 0.728. The summed E-state index contributed by atoms with van der Waals surface area (Å²) in [5, 5.41) is 4.39.